The first-order chi connectivity index (χ1) is 18.5. The van der Waals surface area contributed by atoms with Crippen LogP contribution >= 0.6 is 0 Å². The summed E-state index contributed by atoms with van der Waals surface area (Å²) in [6.45, 7) is 0.370. The lowest BCUT2D eigenvalue weighted by atomic mass is 10.0. The Morgan fingerprint density at radius 1 is 0.868 bits per heavy atom. The van der Waals surface area contributed by atoms with Crippen LogP contribution < -0.4 is 30.6 Å². The fourth-order valence-electron chi connectivity index (χ4n) is 4.23. The first-order valence-corrected chi connectivity index (χ1v) is 12.2. The maximum absolute atomic E-state index is 13.0. The van der Waals surface area contributed by atoms with Gasteiger partial charge in [0.05, 0.1) is 19.7 Å². The highest BCUT2D eigenvalue weighted by Gasteiger charge is 2.56. The maximum atomic E-state index is 13.0. The van der Waals surface area contributed by atoms with E-state index in [1.165, 1.54) is 0 Å². The molecule has 1 aliphatic rings. The van der Waals surface area contributed by atoms with Crippen LogP contribution in [0.3, 0.4) is 0 Å². The van der Waals surface area contributed by atoms with Gasteiger partial charge in [-0.05, 0) is 66.9 Å². The molecule has 0 unspecified atom stereocenters. The molecular formula is C29H28N4O5. The monoisotopic (exact) mass is 512 g/mol. The summed E-state index contributed by atoms with van der Waals surface area (Å²) in [5.41, 5.74) is 7.40. The molecule has 0 atom stereocenters. The molecule has 38 heavy (non-hydrogen) atoms. The minimum atomic E-state index is -1.08. The number of ether oxygens (including phenoxy) is 3. The van der Waals surface area contributed by atoms with Crippen LogP contribution in [0, 0.1) is 5.41 Å². The third kappa shape index (κ3) is 4.96. The number of hydrogen-bond donors (Lipinski definition) is 3. The first kappa shape index (κ1) is 25.0. The summed E-state index contributed by atoms with van der Waals surface area (Å²) in [5, 5.41) is 6.49. The molecule has 1 aromatic heterocycles. The molecule has 0 bridgehead atoms. The molecule has 3 aromatic carbocycles. The largest absolute Gasteiger partial charge is 0.493 e. The second kappa shape index (κ2) is 10.4. The van der Waals surface area contributed by atoms with Crippen LogP contribution in [-0.2, 0) is 16.1 Å². The molecule has 9 heteroatoms. The summed E-state index contributed by atoms with van der Waals surface area (Å²) in [6.07, 6.45) is 2.64. The van der Waals surface area contributed by atoms with E-state index >= 15 is 0 Å². The number of pyridine rings is 1. The molecule has 4 N–H and O–H groups in total. The number of hydrogen-bond acceptors (Lipinski definition) is 7. The van der Waals surface area contributed by atoms with E-state index < -0.39 is 5.41 Å². The van der Waals surface area contributed by atoms with Gasteiger partial charge in [-0.1, -0.05) is 12.1 Å². The Balaban J connectivity index is 1.27. The van der Waals surface area contributed by atoms with Crippen molar-refractivity contribution in [3.63, 3.8) is 0 Å². The van der Waals surface area contributed by atoms with E-state index in [1.807, 2.05) is 24.3 Å². The number of carbonyl (C=O) groups excluding carboxylic acids is 2. The van der Waals surface area contributed by atoms with E-state index in [4.69, 9.17) is 19.9 Å². The van der Waals surface area contributed by atoms with Gasteiger partial charge in [0.25, 0.3) is 0 Å². The number of fused-ring (bicyclic) bond motifs is 1. The van der Waals surface area contributed by atoms with E-state index in [9.17, 15) is 9.59 Å². The molecule has 1 saturated carbocycles. The van der Waals surface area contributed by atoms with E-state index in [2.05, 4.69) is 15.6 Å². The lowest BCUT2D eigenvalue weighted by molar-refractivity contribution is -0.131. The minimum absolute atomic E-state index is 0.319. The predicted octanol–water partition coefficient (Wildman–Crippen LogP) is 4.86. The van der Waals surface area contributed by atoms with Gasteiger partial charge in [0.15, 0.2) is 11.5 Å². The van der Waals surface area contributed by atoms with E-state index in [0.29, 0.717) is 59.3 Å². The van der Waals surface area contributed by atoms with Crippen LogP contribution in [0.1, 0.15) is 18.4 Å². The number of methoxy groups -OCH3 is 2. The van der Waals surface area contributed by atoms with Gasteiger partial charge in [-0.3, -0.25) is 14.6 Å². The lowest BCUT2D eigenvalue weighted by Gasteiger charge is -2.16. The Morgan fingerprint density at radius 2 is 1.55 bits per heavy atom. The van der Waals surface area contributed by atoms with E-state index in [0.717, 1.165) is 10.9 Å². The average molecular weight is 513 g/mol. The predicted molar refractivity (Wildman–Crippen MR) is 145 cm³/mol. The van der Waals surface area contributed by atoms with Crippen molar-refractivity contribution < 1.29 is 23.8 Å². The van der Waals surface area contributed by atoms with Crippen molar-refractivity contribution in [1.29, 1.82) is 0 Å². The Hall–Kier alpha value is -4.63. The van der Waals surface area contributed by atoms with Crippen LogP contribution in [-0.4, -0.2) is 31.0 Å². The average Bonchev–Trinajstić information content (AvgIpc) is 3.76. The molecule has 0 radical (unpaired) electrons. The van der Waals surface area contributed by atoms with Gasteiger partial charge >= 0.3 is 0 Å². The number of benzene rings is 3. The number of aromatic nitrogens is 1. The van der Waals surface area contributed by atoms with Gasteiger partial charge in [-0.15, -0.1) is 0 Å². The summed E-state index contributed by atoms with van der Waals surface area (Å²) in [7, 11) is 3.14. The zero-order valence-electron chi connectivity index (χ0n) is 21.1. The SMILES string of the molecule is COc1cc2nccc(Oc3ccc(NC(=O)C4(C(=O)Nc5cccc(CN)c5)CC4)cc3)c2cc1OC. The highest BCUT2D eigenvalue weighted by Crippen LogP contribution is 2.47. The highest BCUT2D eigenvalue weighted by atomic mass is 16.5. The zero-order chi connectivity index (χ0) is 26.7. The fraction of sp³-hybridized carbons (Fsp3) is 0.207. The molecule has 0 saturated heterocycles. The first-order valence-electron chi connectivity index (χ1n) is 12.2. The number of carbonyl (C=O) groups is 2. The number of nitrogens with zero attached hydrogens (tertiary/aromatic N) is 1. The minimum Gasteiger partial charge on any atom is -0.493 e. The normalized spacial score (nSPS) is 13.4. The van der Waals surface area contributed by atoms with Gasteiger partial charge in [-0.2, -0.15) is 0 Å². The molecule has 2 amide bonds. The fourth-order valence-corrected chi connectivity index (χ4v) is 4.23. The van der Waals surface area contributed by atoms with Crippen molar-refractivity contribution in [3.05, 3.63) is 78.5 Å². The summed E-state index contributed by atoms with van der Waals surface area (Å²) in [5.74, 6) is 1.67. The number of rotatable bonds is 9. The van der Waals surface area contributed by atoms with Crippen molar-refractivity contribution >= 4 is 34.1 Å². The van der Waals surface area contributed by atoms with Gasteiger partial charge in [0.2, 0.25) is 11.8 Å². The number of anilines is 2. The topological polar surface area (TPSA) is 125 Å². The van der Waals surface area contributed by atoms with Crippen LogP contribution in [0.4, 0.5) is 11.4 Å². The van der Waals surface area contributed by atoms with Crippen LogP contribution in [0.25, 0.3) is 10.9 Å². The summed E-state index contributed by atoms with van der Waals surface area (Å²) >= 11 is 0. The lowest BCUT2D eigenvalue weighted by Crippen LogP contribution is -2.35. The Morgan fingerprint density at radius 3 is 2.21 bits per heavy atom. The molecule has 1 fully saturated rings. The van der Waals surface area contributed by atoms with Crippen molar-refractivity contribution in [2.45, 2.75) is 19.4 Å². The summed E-state index contributed by atoms with van der Waals surface area (Å²) in [6, 6.07) is 19.6. The van der Waals surface area contributed by atoms with Crippen molar-refractivity contribution in [2.75, 3.05) is 24.9 Å². The highest BCUT2D eigenvalue weighted by molar-refractivity contribution is 6.16. The van der Waals surface area contributed by atoms with Gasteiger partial charge < -0.3 is 30.6 Å². The van der Waals surface area contributed by atoms with Crippen molar-refractivity contribution in [1.82, 2.24) is 4.98 Å². The van der Waals surface area contributed by atoms with E-state index in [1.54, 1.807) is 62.9 Å². The Bertz CT molecular complexity index is 1500. The third-order valence-corrected chi connectivity index (χ3v) is 6.59. The molecule has 5 rings (SSSR count). The number of nitrogens with one attached hydrogen (secondary N) is 2. The summed E-state index contributed by atoms with van der Waals surface area (Å²) < 4.78 is 16.9. The van der Waals surface area contributed by atoms with E-state index in [-0.39, 0.29) is 11.8 Å². The molecule has 194 valence electrons. The maximum Gasteiger partial charge on any atom is 0.240 e. The standard InChI is InChI=1S/C29H28N4O5/c1-36-25-15-22-23(16-26(25)37-2)31-13-10-24(22)38-21-8-6-19(7-9-21)32-27(34)29(11-12-29)28(35)33-20-5-3-4-18(14-20)17-30/h3-10,13-16H,11-12,17,30H2,1-2H3,(H,32,34)(H,33,35). The quantitative estimate of drug-likeness (QED) is 0.274. The Labute approximate surface area is 219 Å². The third-order valence-electron chi connectivity index (χ3n) is 6.59. The smallest absolute Gasteiger partial charge is 0.240 e. The second-order valence-corrected chi connectivity index (χ2v) is 9.05. The van der Waals surface area contributed by atoms with Gasteiger partial charge in [0.1, 0.15) is 16.9 Å². The molecule has 9 nitrogen and oxygen atoms in total. The number of amides is 2. The molecule has 0 spiro atoms. The van der Waals surface area contributed by atoms with Crippen molar-refractivity contribution in [2.24, 2.45) is 11.1 Å². The van der Waals surface area contributed by atoms with Crippen molar-refractivity contribution in [3.8, 4) is 23.0 Å². The Kier molecular flexibility index (Phi) is 6.85. The van der Waals surface area contributed by atoms with Gasteiger partial charge in [-0.25, -0.2) is 0 Å². The molecule has 0 aliphatic heterocycles. The van der Waals surface area contributed by atoms with Crippen LogP contribution in [0.15, 0.2) is 72.9 Å². The van der Waals surface area contributed by atoms with Gasteiger partial charge in [0, 0.05) is 35.6 Å². The zero-order valence-corrected chi connectivity index (χ0v) is 21.1. The number of nitrogens with two attached hydrogens (primary N) is 1. The van der Waals surface area contributed by atoms with Crippen LogP contribution in [0.2, 0.25) is 0 Å². The molecule has 1 aliphatic carbocycles. The summed E-state index contributed by atoms with van der Waals surface area (Å²) in [4.78, 5) is 30.4. The van der Waals surface area contributed by atoms with Crippen LogP contribution in [0.5, 0.6) is 23.0 Å². The molecular weight excluding hydrogens is 484 g/mol. The molecule has 1 heterocycles. The second-order valence-electron chi connectivity index (χ2n) is 9.05. The molecule has 4 aromatic rings.